The summed E-state index contributed by atoms with van der Waals surface area (Å²) in [4.78, 5) is 30.9. The number of carbonyl (C=O) groups excluding carboxylic acids is 2. The van der Waals surface area contributed by atoms with Gasteiger partial charge in [0, 0.05) is 12.5 Å². The highest BCUT2D eigenvalue weighted by molar-refractivity contribution is 6.07. The molecule has 3 amide bonds. The van der Waals surface area contributed by atoms with E-state index in [0.717, 1.165) is 75.2 Å². The van der Waals surface area contributed by atoms with Crippen LogP contribution in [-0.2, 0) is 17.8 Å². The molecule has 7 heteroatoms. The van der Waals surface area contributed by atoms with E-state index in [9.17, 15) is 14.0 Å². The largest absolute Gasteiger partial charge is 0.465 e. The maximum absolute atomic E-state index is 13.9. The summed E-state index contributed by atoms with van der Waals surface area (Å²) < 4.78 is 19.3. The Morgan fingerprint density at radius 1 is 1.03 bits per heavy atom. The molecular weight excluding hydrogens is 421 g/mol. The normalized spacial score (nSPS) is 25.2. The second-order valence-corrected chi connectivity index (χ2v) is 9.88. The van der Waals surface area contributed by atoms with Crippen molar-refractivity contribution in [3.8, 4) is 0 Å². The number of aryl methyl sites for hydroxylation is 1. The van der Waals surface area contributed by atoms with Crippen LogP contribution in [0.2, 0.25) is 0 Å². The minimum atomic E-state index is -0.967. The number of hydrogen-bond acceptors (Lipinski definition) is 4. The van der Waals surface area contributed by atoms with Gasteiger partial charge in [-0.15, -0.1) is 0 Å². The highest BCUT2D eigenvalue weighted by Gasteiger charge is 2.57. The van der Waals surface area contributed by atoms with Crippen LogP contribution < -0.4 is 5.32 Å². The Balaban J connectivity index is 1.37. The fourth-order valence-electron chi connectivity index (χ4n) is 5.95. The number of hydrogen-bond donors (Lipinski definition) is 1. The van der Waals surface area contributed by atoms with Crippen LogP contribution in [0.25, 0.3) is 0 Å². The van der Waals surface area contributed by atoms with E-state index >= 15 is 0 Å². The number of urea groups is 1. The molecule has 0 radical (unpaired) electrons. The van der Waals surface area contributed by atoms with Gasteiger partial charge in [0.1, 0.15) is 22.9 Å². The van der Waals surface area contributed by atoms with Gasteiger partial charge in [0.05, 0.1) is 6.54 Å². The molecule has 1 saturated carbocycles. The van der Waals surface area contributed by atoms with Gasteiger partial charge in [-0.25, -0.2) is 9.18 Å². The number of nitrogens with one attached hydrogen (secondary N) is 1. The first-order valence-corrected chi connectivity index (χ1v) is 12.1. The molecule has 3 fully saturated rings. The number of amides is 3. The summed E-state index contributed by atoms with van der Waals surface area (Å²) >= 11 is 0. The van der Waals surface area contributed by atoms with Crippen molar-refractivity contribution in [1.29, 1.82) is 0 Å². The molecular formula is C26H32FN3O3. The molecule has 1 N–H and O–H groups in total. The predicted molar refractivity (Wildman–Crippen MR) is 122 cm³/mol. The molecule has 2 aliphatic heterocycles. The highest BCUT2D eigenvalue weighted by atomic mass is 19.1. The van der Waals surface area contributed by atoms with Crippen molar-refractivity contribution in [2.45, 2.75) is 70.0 Å². The quantitative estimate of drug-likeness (QED) is 0.658. The number of rotatable bonds is 6. The first-order valence-electron chi connectivity index (χ1n) is 12.1. The second kappa shape index (κ2) is 8.93. The lowest BCUT2D eigenvalue weighted by molar-refractivity contribution is -0.135. The minimum absolute atomic E-state index is 0.00475. The van der Waals surface area contributed by atoms with E-state index in [2.05, 4.69) is 10.2 Å². The van der Waals surface area contributed by atoms with E-state index in [-0.39, 0.29) is 29.7 Å². The molecule has 5 rings (SSSR count). The van der Waals surface area contributed by atoms with E-state index in [1.807, 2.05) is 19.1 Å². The molecule has 2 aromatic rings. The lowest BCUT2D eigenvalue weighted by Gasteiger charge is -2.41. The lowest BCUT2D eigenvalue weighted by Crippen LogP contribution is -2.57. The average molecular weight is 454 g/mol. The molecule has 33 heavy (non-hydrogen) atoms. The Morgan fingerprint density at radius 2 is 1.73 bits per heavy atom. The monoisotopic (exact) mass is 453 g/mol. The van der Waals surface area contributed by atoms with Gasteiger partial charge >= 0.3 is 6.03 Å². The zero-order chi connectivity index (χ0) is 23.0. The summed E-state index contributed by atoms with van der Waals surface area (Å²) in [5, 5.41) is 3.15. The van der Waals surface area contributed by atoms with Crippen LogP contribution >= 0.6 is 0 Å². The van der Waals surface area contributed by atoms with Crippen LogP contribution in [0.1, 0.15) is 55.6 Å². The third-order valence-electron chi connectivity index (χ3n) is 7.70. The number of halogens is 1. The minimum Gasteiger partial charge on any atom is -0.465 e. The fraction of sp³-hybridized carbons (Fsp3) is 0.538. The molecule has 1 unspecified atom stereocenters. The van der Waals surface area contributed by atoms with Crippen LogP contribution in [0.3, 0.4) is 0 Å². The van der Waals surface area contributed by atoms with Crippen LogP contribution in [0, 0.1) is 18.7 Å². The Morgan fingerprint density at radius 3 is 2.36 bits per heavy atom. The number of piperidine rings is 1. The smallest absolute Gasteiger partial charge is 0.325 e. The molecule has 1 atom stereocenters. The van der Waals surface area contributed by atoms with Gasteiger partial charge in [-0.2, -0.15) is 0 Å². The molecule has 3 aliphatic rings. The fourth-order valence-corrected chi connectivity index (χ4v) is 5.95. The van der Waals surface area contributed by atoms with Crippen LogP contribution in [-0.4, -0.2) is 46.4 Å². The number of carbonyl (C=O) groups is 2. The van der Waals surface area contributed by atoms with Gasteiger partial charge in [-0.1, -0.05) is 25.0 Å². The predicted octanol–water partition coefficient (Wildman–Crippen LogP) is 4.42. The van der Waals surface area contributed by atoms with E-state index in [1.165, 1.54) is 17.0 Å². The summed E-state index contributed by atoms with van der Waals surface area (Å²) in [5.41, 5.74) is -0.1000. The molecule has 6 nitrogen and oxygen atoms in total. The average Bonchev–Trinajstić information content (AvgIpc) is 3.52. The third kappa shape index (κ3) is 4.31. The topological polar surface area (TPSA) is 65.8 Å². The van der Waals surface area contributed by atoms with E-state index in [4.69, 9.17) is 4.42 Å². The standard InChI is InChI=1S/C26H32FN3O3/c1-18-6-11-23(33-18)17-29-14-12-20(13-15-29)26(16-19-7-9-21(27)10-8-19)24(31)30(25(32)28-26)22-4-2-3-5-22/h6-11,20,22H,2-5,12-17H2,1H3,(H,28,32). The molecule has 0 spiro atoms. The molecule has 176 valence electrons. The molecule has 1 aromatic carbocycles. The second-order valence-electron chi connectivity index (χ2n) is 9.88. The summed E-state index contributed by atoms with van der Waals surface area (Å²) in [5.74, 6) is 1.49. The van der Waals surface area contributed by atoms with Crippen molar-refractivity contribution >= 4 is 11.9 Å². The zero-order valence-electron chi connectivity index (χ0n) is 19.2. The Bertz CT molecular complexity index is 1010. The van der Waals surface area contributed by atoms with Gasteiger partial charge in [0.2, 0.25) is 0 Å². The Labute approximate surface area is 194 Å². The summed E-state index contributed by atoms with van der Waals surface area (Å²) in [6.07, 6.45) is 5.88. The number of benzene rings is 1. The third-order valence-corrected chi connectivity index (χ3v) is 7.70. The highest BCUT2D eigenvalue weighted by Crippen LogP contribution is 2.39. The van der Waals surface area contributed by atoms with Gasteiger partial charge in [-0.3, -0.25) is 14.6 Å². The molecule has 3 heterocycles. The SMILES string of the molecule is Cc1ccc(CN2CCC(C3(Cc4ccc(F)cc4)NC(=O)N(C4CCCC4)C3=O)CC2)o1. The van der Waals surface area contributed by atoms with Crippen molar-refractivity contribution in [3.63, 3.8) is 0 Å². The van der Waals surface area contributed by atoms with Gasteiger partial charge < -0.3 is 9.73 Å². The van der Waals surface area contributed by atoms with Crippen molar-refractivity contribution in [2.24, 2.45) is 5.92 Å². The van der Waals surface area contributed by atoms with E-state index in [0.29, 0.717) is 6.42 Å². The van der Waals surface area contributed by atoms with Gasteiger partial charge in [0.15, 0.2) is 0 Å². The van der Waals surface area contributed by atoms with Crippen LogP contribution in [0.4, 0.5) is 9.18 Å². The zero-order valence-corrected chi connectivity index (χ0v) is 19.2. The summed E-state index contributed by atoms with van der Waals surface area (Å²) in [7, 11) is 0. The lowest BCUT2D eigenvalue weighted by atomic mass is 9.73. The summed E-state index contributed by atoms with van der Waals surface area (Å²) in [6.45, 7) is 4.36. The maximum atomic E-state index is 13.9. The first kappa shape index (κ1) is 22.1. The van der Waals surface area contributed by atoms with Gasteiger partial charge in [-0.05, 0) is 81.4 Å². The molecule has 1 aliphatic carbocycles. The van der Waals surface area contributed by atoms with E-state index < -0.39 is 5.54 Å². The molecule has 0 bridgehead atoms. The van der Waals surface area contributed by atoms with Crippen molar-refractivity contribution < 1.29 is 18.4 Å². The Hall–Kier alpha value is -2.67. The van der Waals surface area contributed by atoms with Crippen LogP contribution in [0.15, 0.2) is 40.8 Å². The molecule has 1 aromatic heterocycles. The maximum Gasteiger partial charge on any atom is 0.325 e. The van der Waals surface area contributed by atoms with Crippen molar-refractivity contribution in [1.82, 2.24) is 15.1 Å². The number of nitrogens with zero attached hydrogens (tertiary/aromatic N) is 2. The van der Waals surface area contributed by atoms with Crippen molar-refractivity contribution in [2.75, 3.05) is 13.1 Å². The molecule has 2 saturated heterocycles. The van der Waals surface area contributed by atoms with E-state index in [1.54, 1.807) is 12.1 Å². The number of likely N-dealkylation sites (tertiary alicyclic amines) is 1. The first-order chi connectivity index (χ1) is 15.9. The number of furan rings is 1. The van der Waals surface area contributed by atoms with Crippen molar-refractivity contribution in [3.05, 3.63) is 59.3 Å². The summed E-state index contributed by atoms with van der Waals surface area (Å²) in [6, 6.07) is 10.0. The van der Waals surface area contributed by atoms with Crippen LogP contribution in [0.5, 0.6) is 0 Å². The Kier molecular flexibility index (Phi) is 5.99. The van der Waals surface area contributed by atoms with Gasteiger partial charge in [0.25, 0.3) is 5.91 Å². The number of imide groups is 1.